The normalized spacial score (nSPS) is 10.6. The number of hydrogen-bond acceptors (Lipinski definition) is 2. The third-order valence-corrected chi connectivity index (χ3v) is 1.87. The van der Waals surface area contributed by atoms with E-state index in [1.54, 1.807) is 12.1 Å². The largest absolute Gasteiger partial charge is 0.259 e. The first-order valence-corrected chi connectivity index (χ1v) is 4.05. The Bertz CT molecular complexity index is 361. The number of rotatable bonds is 2. The summed E-state index contributed by atoms with van der Waals surface area (Å²) in [6.45, 7) is 1.90. The summed E-state index contributed by atoms with van der Waals surface area (Å²) >= 11 is 5.81. The van der Waals surface area contributed by atoms with Crippen LogP contribution in [0.5, 0.6) is 0 Å². The molecule has 0 atom stereocenters. The maximum atomic E-state index is 10.0. The second-order valence-electron chi connectivity index (χ2n) is 2.63. The Labute approximate surface area is 80.8 Å². The van der Waals surface area contributed by atoms with E-state index < -0.39 is 4.92 Å². The van der Waals surface area contributed by atoms with E-state index in [0.717, 1.165) is 11.8 Å². The summed E-state index contributed by atoms with van der Waals surface area (Å²) in [5, 5.41) is 10.6. The standard InChI is InChI=1S/C9H8ClNO2/c1-7-2-3-9(10)8(6-7)4-5-11(12)13/h2-6H,1H3/b5-4+. The van der Waals surface area contributed by atoms with Gasteiger partial charge in [0.15, 0.2) is 0 Å². The third-order valence-electron chi connectivity index (χ3n) is 1.53. The monoisotopic (exact) mass is 197 g/mol. The van der Waals surface area contributed by atoms with Gasteiger partial charge in [0, 0.05) is 11.1 Å². The van der Waals surface area contributed by atoms with Crippen molar-refractivity contribution in [1.29, 1.82) is 0 Å². The van der Waals surface area contributed by atoms with Crippen molar-refractivity contribution < 1.29 is 4.92 Å². The number of nitrogens with zero attached hydrogens (tertiary/aromatic N) is 1. The summed E-state index contributed by atoms with van der Waals surface area (Å²) in [5.74, 6) is 0. The van der Waals surface area contributed by atoms with Gasteiger partial charge in [-0.1, -0.05) is 29.3 Å². The maximum Gasteiger partial charge on any atom is 0.235 e. The lowest BCUT2D eigenvalue weighted by molar-refractivity contribution is -0.400. The molecule has 0 aliphatic rings. The molecular formula is C9H8ClNO2. The molecule has 0 unspecified atom stereocenters. The molecule has 1 rings (SSSR count). The maximum absolute atomic E-state index is 10.0. The quantitative estimate of drug-likeness (QED) is 0.541. The molecule has 0 heterocycles. The van der Waals surface area contributed by atoms with Crippen LogP contribution in [0, 0.1) is 17.0 Å². The summed E-state index contributed by atoms with van der Waals surface area (Å²) in [5.41, 5.74) is 1.69. The fourth-order valence-electron chi connectivity index (χ4n) is 0.932. The summed E-state index contributed by atoms with van der Waals surface area (Å²) < 4.78 is 0. The highest BCUT2D eigenvalue weighted by molar-refractivity contribution is 6.32. The van der Waals surface area contributed by atoms with Crippen molar-refractivity contribution in [3.8, 4) is 0 Å². The predicted molar refractivity (Wildman–Crippen MR) is 52.2 cm³/mol. The molecule has 0 aromatic heterocycles. The molecule has 0 spiro atoms. The lowest BCUT2D eigenvalue weighted by Gasteiger charge is -1.97. The van der Waals surface area contributed by atoms with Crippen LogP contribution in [-0.2, 0) is 0 Å². The van der Waals surface area contributed by atoms with Gasteiger partial charge in [0.25, 0.3) is 0 Å². The molecule has 13 heavy (non-hydrogen) atoms. The molecule has 3 nitrogen and oxygen atoms in total. The smallest absolute Gasteiger partial charge is 0.235 e. The Balaban J connectivity index is 3.00. The zero-order valence-electron chi connectivity index (χ0n) is 7.03. The summed E-state index contributed by atoms with van der Waals surface area (Å²) in [6.07, 6.45) is 2.26. The SMILES string of the molecule is Cc1ccc(Cl)c(/C=C/[N+](=O)[O-])c1. The van der Waals surface area contributed by atoms with Crippen LogP contribution in [0.2, 0.25) is 5.02 Å². The van der Waals surface area contributed by atoms with E-state index >= 15 is 0 Å². The molecule has 68 valence electrons. The van der Waals surface area contributed by atoms with Crippen LogP contribution in [0.15, 0.2) is 24.4 Å². The molecule has 4 heteroatoms. The number of hydrogen-bond donors (Lipinski definition) is 0. The van der Waals surface area contributed by atoms with Gasteiger partial charge in [0.2, 0.25) is 6.20 Å². The van der Waals surface area contributed by atoms with E-state index in [-0.39, 0.29) is 0 Å². The molecular weight excluding hydrogens is 190 g/mol. The number of halogens is 1. The van der Waals surface area contributed by atoms with Crippen molar-refractivity contribution in [2.24, 2.45) is 0 Å². The fourth-order valence-corrected chi connectivity index (χ4v) is 1.11. The summed E-state index contributed by atoms with van der Waals surface area (Å²) in [7, 11) is 0. The molecule has 0 aliphatic heterocycles. The Morgan fingerprint density at radius 2 is 2.23 bits per heavy atom. The van der Waals surface area contributed by atoms with Gasteiger partial charge in [-0.05, 0) is 18.6 Å². The van der Waals surface area contributed by atoms with Crippen LogP contribution >= 0.6 is 11.6 Å². The lowest BCUT2D eigenvalue weighted by Crippen LogP contribution is -1.83. The van der Waals surface area contributed by atoms with Gasteiger partial charge in [0.05, 0.1) is 4.92 Å². The van der Waals surface area contributed by atoms with Crippen LogP contribution in [0.3, 0.4) is 0 Å². The van der Waals surface area contributed by atoms with Gasteiger partial charge in [-0.2, -0.15) is 0 Å². The Morgan fingerprint density at radius 3 is 2.85 bits per heavy atom. The molecule has 0 radical (unpaired) electrons. The van der Waals surface area contributed by atoms with E-state index in [1.807, 2.05) is 13.0 Å². The highest BCUT2D eigenvalue weighted by atomic mass is 35.5. The van der Waals surface area contributed by atoms with E-state index in [0.29, 0.717) is 10.6 Å². The molecule has 0 aliphatic carbocycles. The van der Waals surface area contributed by atoms with Gasteiger partial charge in [-0.25, -0.2) is 0 Å². The first-order chi connectivity index (χ1) is 6.09. The van der Waals surface area contributed by atoms with E-state index in [9.17, 15) is 10.1 Å². The zero-order valence-corrected chi connectivity index (χ0v) is 7.78. The van der Waals surface area contributed by atoms with Gasteiger partial charge in [0.1, 0.15) is 0 Å². The number of nitro groups is 1. The fraction of sp³-hybridized carbons (Fsp3) is 0.111. The van der Waals surface area contributed by atoms with Crippen molar-refractivity contribution in [2.45, 2.75) is 6.92 Å². The third kappa shape index (κ3) is 2.87. The van der Waals surface area contributed by atoms with Gasteiger partial charge < -0.3 is 0 Å². The molecule has 0 N–H and O–H groups in total. The van der Waals surface area contributed by atoms with Gasteiger partial charge in [-0.15, -0.1) is 0 Å². The topological polar surface area (TPSA) is 43.1 Å². The van der Waals surface area contributed by atoms with Gasteiger partial charge in [-0.3, -0.25) is 10.1 Å². The highest BCUT2D eigenvalue weighted by Crippen LogP contribution is 2.18. The summed E-state index contributed by atoms with van der Waals surface area (Å²) in [6, 6.07) is 5.37. The van der Waals surface area contributed by atoms with E-state index in [2.05, 4.69) is 0 Å². The zero-order chi connectivity index (χ0) is 9.84. The lowest BCUT2D eigenvalue weighted by atomic mass is 10.1. The molecule has 1 aromatic rings. The van der Waals surface area contributed by atoms with Crippen LogP contribution in [0.4, 0.5) is 0 Å². The van der Waals surface area contributed by atoms with Crippen LogP contribution in [0.1, 0.15) is 11.1 Å². The van der Waals surface area contributed by atoms with Crippen molar-refractivity contribution in [1.82, 2.24) is 0 Å². The predicted octanol–water partition coefficient (Wildman–Crippen LogP) is 2.90. The minimum atomic E-state index is -0.515. The molecule has 0 amide bonds. The molecule has 0 fully saturated rings. The van der Waals surface area contributed by atoms with Crippen LogP contribution < -0.4 is 0 Å². The van der Waals surface area contributed by atoms with Crippen molar-refractivity contribution in [3.05, 3.63) is 50.7 Å². The van der Waals surface area contributed by atoms with Gasteiger partial charge >= 0.3 is 0 Å². The summed E-state index contributed by atoms with van der Waals surface area (Å²) in [4.78, 5) is 9.53. The molecule has 1 aromatic carbocycles. The minimum Gasteiger partial charge on any atom is -0.259 e. The highest BCUT2D eigenvalue weighted by Gasteiger charge is 1.97. The van der Waals surface area contributed by atoms with Crippen molar-refractivity contribution >= 4 is 17.7 Å². The minimum absolute atomic E-state index is 0.515. The van der Waals surface area contributed by atoms with Crippen molar-refractivity contribution in [2.75, 3.05) is 0 Å². The van der Waals surface area contributed by atoms with E-state index in [4.69, 9.17) is 11.6 Å². The molecule has 0 saturated heterocycles. The first-order valence-electron chi connectivity index (χ1n) is 3.67. The molecule has 0 bridgehead atoms. The number of aryl methyl sites for hydroxylation is 1. The van der Waals surface area contributed by atoms with Crippen molar-refractivity contribution in [3.63, 3.8) is 0 Å². The second-order valence-corrected chi connectivity index (χ2v) is 3.03. The van der Waals surface area contributed by atoms with Crippen LogP contribution in [-0.4, -0.2) is 4.92 Å². The van der Waals surface area contributed by atoms with Crippen LogP contribution in [0.25, 0.3) is 6.08 Å². The average Bonchev–Trinajstić information content (AvgIpc) is 2.06. The first kappa shape index (κ1) is 9.74. The second kappa shape index (κ2) is 4.05. The Morgan fingerprint density at radius 1 is 1.54 bits per heavy atom. The van der Waals surface area contributed by atoms with E-state index in [1.165, 1.54) is 6.08 Å². The number of benzene rings is 1. The Hall–Kier alpha value is -1.35. The molecule has 0 saturated carbocycles. The average molecular weight is 198 g/mol. The Kier molecular flexibility index (Phi) is 3.03.